The number of benzene rings is 1. The number of aryl methyl sites for hydroxylation is 2. The molecule has 0 spiro atoms. The monoisotopic (exact) mass is 193 g/mol. The van der Waals surface area contributed by atoms with E-state index >= 15 is 0 Å². The van der Waals surface area contributed by atoms with Gasteiger partial charge < -0.3 is 10.5 Å². The number of hydrogen-bond donors (Lipinski definition) is 1. The van der Waals surface area contributed by atoms with Crippen LogP contribution in [0.3, 0.4) is 0 Å². The van der Waals surface area contributed by atoms with Crippen LogP contribution < -0.4 is 5.73 Å². The molecule has 0 aliphatic heterocycles. The minimum atomic E-state index is -0.00597. The molecule has 14 heavy (non-hydrogen) atoms. The Morgan fingerprint density at radius 3 is 2.29 bits per heavy atom. The standard InChI is InChI=1S/C12H19NO/c1-4-14-8-12(13)11-6-9(2)5-10(3)7-11/h5-7,12H,4,8,13H2,1-3H3. The zero-order chi connectivity index (χ0) is 10.6. The second kappa shape index (κ2) is 5.13. The van der Waals surface area contributed by atoms with E-state index in [4.69, 9.17) is 10.5 Å². The van der Waals surface area contributed by atoms with E-state index in [0.29, 0.717) is 6.61 Å². The molecular formula is C12H19NO. The highest BCUT2D eigenvalue weighted by molar-refractivity contribution is 5.30. The van der Waals surface area contributed by atoms with Gasteiger partial charge >= 0.3 is 0 Å². The maximum absolute atomic E-state index is 5.99. The van der Waals surface area contributed by atoms with Crippen LogP contribution in [0.25, 0.3) is 0 Å². The molecule has 2 N–H and O–H groups in total. The summed E-state index contributed by atoms with van der Waals surface area (Å²) in [5, 5.41) is 0. The number of hydrogen-bond acceptors (Lipinski definition) is 2. The third-order valence-corrected chi connectivity index (χ3v) is 2.17. The molecular weight excluding hydrogens is 174 g/mol. The van der Waals surface area contributed by atoms with E-state index in [2.05, 4.69) is 32.0 Å². The highest BCUT2D eigenvalue weighted by atomic mass is 16.5. The summed E-state index contributed by atoms with van der Waals surface area (Å²) < 4.78 is 5.30. The fourth-order valence-corrected chi connectivity index (χ4v) is 1.57. The first-order valence-electron chi connectivity index (χ1n) is 5.05. The molecule has 0 bridgehead atoms. The van der Waals surface area contributed by atoms with Crippen LogP contribution in [0.2, 0.25) is 0 Å². The molecule has 0 fully saturated rings. The van der Waals surface area contributed by atoms with Crippen LogP contribution in [-0.2, 0) is 4.74 Å². The van der Waals surface area contributed by atoms with E-state index < -0.39 is 0 Å². The average molecular weight is 193 g/mol. The summed E-state index contributed by atoms with van der Waals surface area (Å²) in [7, 11) is 0. The van der Waals surface area contributed by atoms with Crippen LogP contribution in [0.15, 0.2) is 18.2 Å². The molecule has 0 aromatic heterocycles. The average Bonchev–Trinajstić information content (AvgIpc) is 2.12. The molecule has 2 nitrogen and oxygen atoms in total. The van der Waals surface area contributed by atoms with Gasteiger partial charge in [-0.15, -0.1) is 0 Å². The fraction of sp³-hybridized carbons (Fsp3) is 0.500. The molecule has 2 heteroatoms. The van der Waals surface area contributed by atoms with E-state index in [1.807, 2.05) is 6.92 Å². The first kappa shape index (κ1) is 11.2. The predicted octanol–water partition coefficient (Wildman–Crippen LogP) is 2.34. The van der Waals surface area contributed by atoms with Crippen LogP contribution in [0.5, 0.6) is 0 Å². The van der Waals surface area contributed by atoms with E-state index in [-0.39, 0.29) is 6.04 Å². The largest absolute Gasteiger partial charge is 0.380 e. The van der Waals surface area contributed by atoms with Gasteiger partial charge in [0.2, 0.25) is 0 Å². The van der Waals surface area contributed by atoms with Gasteiger partial charge in [-0.25, -0.2) is 0 Å². The zero-order valence-electron chi connectivity index (χ0n) is 9.21. The third kappa shape index (κ3) is 3.13. The molecule has 0 radical (unpaired) electrons. The first-order chi connectivity index (χ1) is 6.63. The number of ether oxygens (including phenoxy) is 1. The van der Waals surface area contributed by atoms with Crippen molar-refractivity contribution in [3.05, 3.63) is 34.9 Å². The fourth-order valence-electron chi connectivity index (χ4n) is 1.57. The Balaban J connectivity index is 2.73. The van der Waals surface area contributed by atoms with Crippen molar-refractivity contribution >= 4 is 0 Å². The van der Waals surface area contributed by atoms with Crippen LogP contribution in [0.4, 0.5) is 0 Å². The number of nitrogens with two attached hydrogens (primary N) is 1. The van der Waals surface area contributed by atoms with Gasteiger partial charge in [0, 0.05) is 6.61 Å². The molecule has 0 saturated carbocycles. The molecule has 1 unspecified atom stereocenters. The maximum Gasteiger partial charge on any atom is 0.0659 e. The van der Waals surface area contributed by atoms with Crippen molar-refractivity contribution < 1.29 is 4.74 Å². The Morgan fingerprint density at radius 2 is 1.79 bits per heavy atom. The van der Waals surface area contributed by atoms with E-state index in [1.54, 1.807) is 0 Å². The molecule has 1 aromatic carbocycles. The molecule has 0 saturated heterocycles. The maximum atomic E-state index is 5.99. The topological polar surface area (TPSA) is 35.2 Å². The highest BCUT2D eigenvalue weighted by Crippen LogP contribution is 2.15. The van der Waals surface area contributed by atoms with Gasteiger partial charge in [-0.2, -0.15) is 0 Å². The van der Waals surface area contributed by atoms with Crippen molar-refractivity contribution in [3.63, 3.8) is 0 Å². The minimum Gasteiger partial charge on any atom is -0.380 e. The van der Waals surface area contributed by atoms with Crippen LogP contribution in [0, 0.1) is 13.8 Å². The van der Waals surface area contributed by atoms with Crippen molar-refractivity contribution in [1.29, 1.82) is 0 Å². The van der Waals surface area contributed by atoms with Crippen LogP contribution in [0.1, 0.15) is 29.7 Å². The lowest BCUT2D eigenvalue weighted by Crippen LogP contribution is -2.17. The molecule has 0 aliphatic carbocycles. The van der Waals surface area contributed by atoms with Crippen LogP contribution in [-0.4, -0.2) is 13.2 Å². The second-order valence-electron chi connectivity index (χ2n) is 3.69. The van der Waals surface area contributed by atoms with Gasteiger partial charge in [-0.05, 0) is 26.3 Å². The summed E-state index contributed by atoms with van der Waals surface area (Å²) in [5.41, 5.74) is 9.67. The van der Waals surface area contributed by atoms with Gasteiger partial charge in [0.25, 0.3) is 0 Å². The quantitative estimate of drug-likeness (QED) is 0.796. The molecule has 1 rings (SSSR count). The molecule has 0 amide bonds. The van der Waals surface area contributed by atoms with Crippen LogP contribution >= 0.6 is 0 Å². The van der Waals surface area contributed by atoms with Crippen molar-refractivity contribution in [3.8, 4) is 0 Å². The molecule has 1 aromatic rings. The van der Waals surface area contributed by atoms with Gasteiger partial charge in [0.1, 0.15) is 0 Å². The molecule has 0 aliphatic rings. The lowest BCUT2D eigenvalue weighted by atomic mass is 10.0. The van der Waals surface area contributed by atoms with Gasteiger partial charge in [-0.3, -0.25) is 0 Å². The Hall–Kier alpha value is -0.860. The van der Waals surface area contributed by atoms with Crippen molar-refractivity contribution in [2.24, 2.45) is 5.73 Å². The lowest BCUT2D eigenvalue weighted by molar-refractivity contribution is 0.133. The van der Waals surface area contributed by atoms with Crippen molar-refractivity contribution in [1.82, 2.24) is 0 Å². The second-order valence-corrected chi connectivity index (χ2v) is 3.69. The first-order valence-corrected chi connectivity index (χ1v) is 5.05. The summed E-state index contributed by atoms with van der Waals surface area (Å²) in [4.78, 5) is 0. The minimum absolute atomic E-state index is 0.00597. The van der Waals surface area contributed by atoms with Crippen molar-refractivity contribution in [2.45, 2.75) is 26.8 Å². The van der Waals surface area contributed by atoms with E-state index in [1.165, 1.54) is 11.1 Å². The highest BCUT2D eigenvalue weighted by Gasteiger charge is 2.06. The smallest absolute Gasteiger partial charge is 0.0659 e. The van der Waals surface area contributed by atoms with Gasteiger partial charge in [-0.1, -0.05) is 29.3 Å². The third-order valence-electron chi connectivity index (χ3n) is 2.17. The molecule has 1 atom stereocenters. The summed E-state index contributed by atoms with van der Waals surface area (Å²) in [6.07, 6.45) is 0. The predicted molar refractivity (Wildman–Crippen MR) is 59.3 cm³/mol. The van der Waals surface area contributed by atoms with Gasteiger partial charge in [0.05, 0.1) is 12.6 Å². The summed E-state index contributed by atoms with van der Waals surface area (Å²) in [6.45, 7) is 7.47. The van der Waals surface area contributed by atoms with E-state index in [0.717, 1.165) is 12.2 Å². The summed E-state index contributed by atoms with van der Waals surface area (Å²) in [6, 6.07) is 6.39. The SMILES string of the molecule is CCOCC(N)c1cc(C)cc(C)c1. The Kier molecular flexibility index (Phi) is 4.11. The molecule has 0 heterocycles. The Bertz CT molecular complexity index is 276. The van der Waals surface area contributed by atoms with Crippen molar-refractivity contribution in [2.75, 3.05) is 13.2 Å². The van der Waals surface area contributed by atoms with E-state index in [9.17, 15) is 0 Å². The Morgan fingerprint density at radius 1 is 1.21 bits per heavy atom. The Labute approximate surface area is 86.1 Å². The number of rotatable bonds is 4. The zero-order valence-corrected chi connectivity index (χ0v) is 9.21. The van der Waals surface area contributed by atoms with Gasteiger partial charge in [0.15, 0.2) is 0 Å². The summed E-state index contributed by atoms with van der Waals surface area (Å²) >= 11 is 0. The lowest BCUT2D eigenvalue weighted by Gasteiger charge is -2.13. The normalized spacial score (nSPS) is 12.9. The molecule has 78 valence electrons. The summed E-state index contributed by atoms with van der Waals surface area (Å²) in [5.74, 6) is 0.